The van der Waals surface area contributed by atoms with E-state index in [4.69, 9.17) is 42.6 Å². The maximum Gasteiger partial charge on any atom is 0.352 e. The summed E-state index contributed by atoms with van der Waals surface area (Å²) in [5.74, 6) is 0.717. The van der Waals surface area contributed by atoms with Crippen LogP contribution in [0.1, 0.15) is 74.3 Å². The maximum absolute atomic E-state index is 15.2. The highest BCUT2D eigenvalue weighted by Gasteiger charge is 2.38. The van der Waals surface area contributed by atoms with Gasteiger partial charge in [0.15, 0.2) is 0 Å². The fraction of sp³-hybridized carbons (Fsp3) is 0.349. The van der Waals surface area contributed by atoms with E-state index in [0.29, 0.717) is 65.6 Å². The molecule has 292 valence electrons. The quantitative estimate of drug-likeness (QED) is 0.129. The lowest BCUT2D eigenvalue weighted by molar-refractivity contribution is 0.0687. The van der Waals surface area contributed by atoms with Gasteiger partial charge in [0, 0.05) is 57.9 Å². The smallest absolute Gasteiger partial charge is 0.352 e. The van der Waals surface area contributed by atoms with Crippen LogP contribution in [0.2, 0.25) is 10.0 Å². The van der Waals surface area contributed by atoms with Crippen LogP contribution in [-0.4, -0.2) is 75.3 Å². The Bertz CT molecular complexity index is 2530. The molecule has 3 aromatic heterocycles. The van der Waals surface area contributed by atoms with E-state index in [1.807, 2.05) is 77.0 Å². The van der Waals surface area contributed by atoms with Crippen LogP contribution in [0.5, 0.6) is 11.5 Å². The number of nitrogens with zero attached hydrogens (tertiary/aromatic N) is 6. The number of amides is 1. The number of rotatable bonds is 11. The lowest BCUT2D eigenvalue weighted by Crippen LogP contribution is -2.43. The topological polar surface area (TPSA) is 115 Å². The summed E-state index contributed by atoms with van der Waals surface area (Å²) >= 11 is 13.6. The predicted molar refractivity (Wildman–Crippen MR) is 222 cm³/mol. The molecule has 0 fully saturated rings. The van der Waals surface area contributed by atoms with Gasteiger partial charge in [-0.05, 0) is 115 Å². The van der Waals surface area contributed by atoms with Crippen molar-refractivity contribution in [3.05, 3.63) is 97.8 Å². The molecule has 4 heterocycles. The summed E-state index contributed by atoms with van der Waals surface area (Å²) in [6, 6.07) is 12.8. The average molecular weight is 798 g/mol. The summed E-state index contributed by atoms with van der Waals surface area (Å²) in [6.07, 6.45) is 1.17. The van der Waals surface area contributed by atoms with E-state index in [1.54, 1.807) is 35.8 Å². The minimum absolute atomic E-state index is 0.0907. The highest BCUT2D eigenvalue weighted by atomic mass is 35.5. The van der Waals surface area contributed by atoms with Crippen molar-refractivity contribution in [2.45, 2.75) is 60.0 Å². The monoisotopic (exact) mass is 796 g/mol. The summed E-state index contributed by atoms with van der Waals surface area (Å²) < 4.78 is 15.6. The van der Waals surface area contributed by atoms with Crippen LogP contribution >= 0.6 is 23.2 Å². The van der Waals surface area contributed by atoms with E-state index >= 15 is 4.79 Å². The summed E-state index contributed by atoms with van der Waals surface area (Å²) in [7, 11) is 7.21. The molecule has 0 spiro atoms. The molecule has 0 saturated heterocycles. The first kappa shape index (κ1) is 39.1. The number of carboxylic acids is 1. The van der Waals surface area contributed by atoms with Crippen LogP contribution in [0.3, 0.4) is 0 Å². The first-order valence-electron chi connectivity index (χ1n) is 18.6. The van der Waals surface area contributed by atoms with Gasteiger partial charge in [-0.3, -0.25) is 4.79 Å². The fourth-order valence-electron chi connectivity index (χ4n) is 8.33. The van der Waals surface area contributed by atoms with Crippen LogP contribution in [0, 0.1) is 27.7 Å². The number of aromatic nitrogens is 4. The van der Waals surface area contributed by atoms with E-state index in [1.165, 1.54) is 0 Å². The Balaban J connectivity index is 1.40. The number of ether oxygens (including phenoxy) is 2. The van der Waals surface area contributed by atoms with Crippen LogP contribution in [0.4, 0.5) is 5.69 Å². The maximum atomic E-state index is 15.2. The van der Waals surface area contributed by atoms with Gasteiger partial charge in [-0.15, -0.1) is 0 Å². The molecule has 1 atom stereocenters. The standard InChI is InChI=1S/C43H46Cl2N6O5/c1-22-17-27(18-23(2)38(22)45)56-16-10-11-28-29-12-13-31(44)37(36-25(4)46-35(21-48(6)7)47-26(36)5)40(29)51-24(3)20-50(42(52)41(28)51)32-14-15-34(55-9)30-19-33(43(53)54)49(8)39(30)32/h12-15,17-19,24H,10-11,16,20-21H2,1-9H3,(H,53,54). The van der Waals surface area contributed by atoms with Crippen molar-refractivity contribution in [2.24, 2.45) is 7.05 Å². The van der Waals surface area contributed by atoms with Gasteiger partial charge in [-0.25, -0.2) is 14.8 Å². The molecule has 0 bridgehead atoms. The number of methoxy groups -OCH3 is 1. The third-order valence-corrected chi connectivity index (χ3v) is 11.6. The van der Waals surface area contributed by atoms with Gasteiger partial charge in [0.25, 0.3) is 5.91 Å². The molecule has 56 heavy (non-hydrogen) atoms. The summed E-state index contributed by atoms with van der Waals surface area (Å²) in [6.45, 7) is 11.3. The van der Waals surface area contributed by atoms with Crippen molar-refractivity contribution in [1.82, 2.24) is 24.0 Å². The van der Waals surface area contributed by atoms with E-state index in [0.717, 1.165) is 66.7 Å². The molecule has 1 aliphatic rings. The molecule has 1 N–H and O–H groups in total. The van der Waals surface area contributed by atoms with Crippen LogP contribution in [-0.2, 0) is 20.0 Å². The number of carboxylic acid groups (broad SMARTS) is 1. The Morgan fingerprint density at radius 3 is 2.27 bits per heavy atom. The zero-order valence-corrected chi connectivity index (χ0v) is 34.7. The van der Waals surface area contributed by atoms with Crippen LogP contribution in [0.15, 0.2) is 42.5 Å². The predicted octanol–water partition coefficient (Wildman–Crippen LogP) is 9.13. The Labute approximate surface area is 336 Å². The molecule has 0 saturated carbocycles. The molecule has 1 unspecified atom stereocenters. The first-order valence-corrected chi connectivity index (χ1v) is 19.3. The third-order valence-electron chi connectivity index (χ3n) is 10.7. The Hall–Kier alpha value is -5.10. The number of aromatic carboxylic acids is 1. The lowest BCUT2D eigenvalue weighted by atomic mass is 9.97. The molecule has 1 aliphatic heterocycles. The van der Waals surface area contributed by atoms with Gasteiger partial charge in [-0.1, -0.05) is 29.3 Å². The molecule has 11 nitrogen and oxygen atoms in total. The number of hydrogen-bond acceptors (Lipinski definition) is 7. The van der Waals surface area contributed by atoms with Crippen LogP contribution < -0.4 is 14.4 Å². The zero-order valence-electron chi connectivity index (χ0n) is 33.2. The second-order valence-electron chi connectivity index (χ2n) is 15.0. The van der Waals surface area contributed by atoms with Gasteiger partial charge >= 0.3 is 5.97 Å². The molecule has 0 aliphatic carbocycles. The SMILES string of the molecule is COc1ccc(N2CC(C)n3c(c(CCCOc4cc(C)c(Cl)c(C)c4)c4ccc(Cl)c(-c5c(C)nc(CN(C)C)nc5C)c43)C2=O)c2c1cc(C(=O)O)n2C. The Morgan fingerprint density at radius 1 is 0.964 bits per heavy atom. The fourth-order valence-corrected chi connectivity index (χ4v) is 8.68. The largest absolute Gasteiger partial charge is 0.496 e. The molecule has 13 heteroatoms. The van der Waals surface area contributed by atoms with Crippen molar-refractivity contribution in [3.63, 3.8) is 0 Å². The van der Waals surface area contributed by atoms with Gasteiger partial charge < -0.3 is 33.5 Å². The van der Waals surface area contributed by atoms with Crippen molar-refractivity contribution < 1.29 is 24.2 Å². The van der Waals surface area contributed by atoms with Crippen molar-refractivity contribution in [1.29, 1.82) is 0 Å². The molecule has 6 aromatic rings. The normalized spacial score (nSPS) is 14.3. The number of halogens is 2. The van der Waals surface area contributed by atoms with Gasteiger partial charge in [0.05, 0.1) is 42.0 Å². The Kier molecular flexibility index (Phi) is 10.6. The molecule has 1 amide bonds. The molecular weight excluding hydrogens is 751 g/mol. The minimum atomic E-state index is -1.07. The summed E-state index contributed by atoms with van der Waals surface area (Å²) in [5.41, 5.74) is 8.72. The minimum Gasteiger partial charge on any atom is -0.496 e. The second-order valence-corrected chi connectivity index (χ2v) is 15.8. The molecule has 7 rings (SSSR count). The number of carbonyl (C=O) groups excluding carboxylic acids is 1. The van der Waals surface area contributed by atoms with Crippen molar-refractivity contribution >= 4 is 62.6 Å². The van der Waals surface area contributed by atoms with Crippen LogP contribution in [0.25, 0.3) is 32.9 Å². The average Bonchev–Trinajstić information content (AvgIpc) is 3.66. The number of fused-ring (bicyclic) bond motifs is 4. The number of anilines is 1. The zero-order chi connectivity index (χ0) is 40.3. The summed E-state index contributed by atoms with van der Waals surface area (Å²) in [5, 5.41) is 12.8. The van der Waals surface area contributed by atoms with E-state index in [-0.39, 0.29) is 17.6 Å². The van der Waals surface area contributed by atoms with Gasteiger partial charge in [0.2, 0.25) is 0 Å². The number of benzene rings is 3. The number of hydrogen-bond donors (Lipinski definition) is 1. The molecular formula is C43H46Cl2N6O5. The van der Waals surface area contributed by atoms with E-state index in [2.05, 4.69) is 11.5 Å². The number of carbonyl (C=O) groups is 2. The van der Waals surface area contributed by atoms with Crippen molar-refractivity contribution in [2.75, 3.05) is 39.3 Å². The van der Waals surface area contributed by atoms with Gasteiger partial charge in [-0.2, -0.15) is 0 Å². The lowest BCUT2D eigenvalue weighted by Gasteiger charge is -2.35. The molecule has 0 radical (unpaired) electrons. The van der Waals surface area contributed by atoms with E-state index < -0.39 is 5.97 Å². The molecule has 3 aromatic carbocycles. The third kappa shape index (κ3) is 6.65. The first-order chi connectivity index (χ1) is 26.6. The van der Waals surface area contributed by atoms with E-state index in [9.17, 15) is 9.90 Å². The van der Waals surface area contributed by atoms with Gasteiger partial charge in [0.1, 0.15) is 28.7 Å². The number of aryl methyl sites for hydroxylation is 6. The highest BCUT2D eigenvalue weighted by molar-refractivity contribution is 6.35. The second kappa shape index (κ2) is 15.1. The highest BCUT2D eigenvalue weighted by Crippen LogP contribution is 2.46. The summed E-state index contributed by atoms with van der Waals surface area (Å²) in [4.78, 5) is 41.1. The van der Waals surface area contributed by atoms with Crippen molar-refractivity contribution in [3.8, 4) is 22.6 Å². The Morgan fingerprint density at radius 2 is 1.64 bits per heavy atom.